The molecule has 1 heterocycles. The third-order valence-electron chi connectivity index (χ3n) is 3.22. The molecule has 1 saturated heterocycles. The Kier molecular flexibility index (Phi) is 6.22. The van der Waals surface area contributed by atoms with Crippen molar-refractivity contribution in [1.29, 1.82) is 0 Å². The van der Waals surface area contributed by atoms with E-state index in [-0.39, 0.29) is 0 Å². The van der Waals surface area contributed by atoms with Crippen LogP contribution in [-0.4, -0.2) is 50.8 Å². The lowest BCUT2D eigenvalue weighted by Crippen LogP contribution is -2.35. The van der Waals surface area contributed by atoms with Crippen molar-refractivity contribution < 1.29 is 4.74 Å². The Morgan fingerprint density at radius 1 is 1.47 bits per heavy atom. The molecule has 2 atom stereocenters. The first-order valence-electron chi connectivity index (χ1n) is 6.19. The number of rotatable bonds is 7. The van der Waals surface area contributed by atoms with Crippen LogP contribution in [0.2, 0.25) is 0 Å². The minimum absolute atomic E-state index is 0.554. The van der Waals surface area contributed by atoms with Gasteiger partial charge < -0.3 is 15.0 Å². The SMILES string of the molecule is CC(CNCCCC1CCCO1)N(C)C. The molecule has 3 nitrogen and oxygen atoms in total. The van der Waals surface area contributed by atoms with Crippen LogP contribution in [0.1, 0.15) is 32.6 Å². The lowest BCUT2D eigenvalue weighted by molar-refractivity contribution is 0.102. The first-order chi connectivity index (χ1) is 7.20. The Hall–Kier alpha value is -0.120. The second-order valence-corrected chi connectivity index (χ2v) is 4.79. The highest BCUT2D eigenvalue weighted by Gasteiger charge is 2.14. The Bertz CT molecular complexity index is 152. The lowest BCUT2D eigenvalue weighted by atomic mass is 10.1. The monoisotopic (exact) mass is 214 g/mol. The summed E-state index contributed by atoms with van der Waals surface area (Å²) < 4.78 is 5.58. The average molecular weight is 214 g/mol. The summed E-state index contributed by atoms with van der Waals surface area (Å²) in [4.78, 5) is 2.24. The third kappa shape index (κ3) is 5.50. The molecule has 1 aliphatic heterocycles. The van der Waals surface area contributed by atoms with Crippen LogP contribution in [0.15, 0.2) is 0 Å². The highest BCUT2D eigenvalue weighted by molar-refractivity contribution is 4.67. The Morgan fingerprint density at radius 3 is 2.87 bits per heavy atom. The van der Waals surface area contributed by atoms with Gasteiger partial charge in [0.05, 0.1) is 6.10 Å². The number of hydrogen-bond acceptors (Lipinski definition) is 3. The maximum atomic E-state index is 5.58. The summed E-state index contributed by atoms with van der Waals surface area (Å²) in [7, 11) is 4.25. The number of nitrogens with zero attached hydrogens (tertiary/aromatic N) is 1. The van der Waals surface area contributed by atoms with Crippen LogP contribution in [0.3, 0.4) is 0 Å². The molecule has 2 unspecified atom stereocenters. The van der Waals surface area contributed by atoms with Gasteiger partial charge in [-0.15, -0.1) is 0 Å². The molecule has 0 radical (unpaired) electrons. The molecular formula is C12H26N2O. The Balaban J connectivity index is 1.88. The van der Waals surface area contributed by atoms with E-state index in [9.17, 15) is 0 Å². The van der Waals surface area contributed by atoms with Crippen LogP contribution < -0.4 is 5.32 Å². The summed E-state index contributed by atoms with van der Waals surface area (Å²) in [6.45, 7) is 5.43. The zero-order valence-electron chi connectivity index (χ0n) is 10.5. The van der Waals surface area contributed by atoms with Crippen LogP contribution in [0.25, 0.3) is 0 Å². The van der Waals surface area contributed by atoms with Gasteiger partial charge in [-0.2, -0.15) is 0 Å². The number of hydrogen-bond donors (Lipinski definition) is 1. The van der Waals surface area contributed by atoms with Crippen molar-refractivity contribution in [3.63, 3.8) is 0 Å². The van der Waals surface area contributed by atoms with Gasteiger partial charge in [-0.25, -0.2) is 0 Å². The van der Waals surface area contributed by atoms with Crippen LogP contribution >= 0.6 is 0 Å². The standard InChI is InChI=1S/C12H26N2O/c1-11(14(2)3)10-13-8-4-6-12-7-5-9-15-12/h11-13H,4-10H2,1-3H3. The first-order valence-corrected chi connectivity index (χ1v) is 6.19. The van der Waals surface area contributed by atoms with E-state index in [2.05, 4.69) is 31.2 Å². The van der Waals surface area contributed by atoms with Gasteiger partial charge >= 0.3 is 0 Å². The quantitative estimate of drug-likeness (QED) is 0.650. The van der Waals surface area contributed by atoms with Crippen LogP contribution in [0.5, 0.6) is 0 Å². The van der Waals surface area contributed by atoms with Gasteiger partial charge in [0.25, 0.3) is 0 Å². The predicted octanol–water partition coefficient (Wildman–Crippen LogP) is 1.49. The van der Waals surface area contributed by atoms with Crippen molar-refractivity contribution in [3.8, 4) is 0 Å². The second-order valence-electron chi connectivity index (χ2n) is 4.79. The van der Waals surface area contributed by atoms with Gasteiger partial charge in [0.1, 0.15) is 0 Å². The highest BCUT2D eigenvalue weighted by atomic mass is 16.5. The topological polar surface area (TPSA) is 24.5 Å². The minimum Gasteiger partial charge on any atom is -0.378 e. The van der Waals surface area contributed by atoms with Crippen LogP contribution in [-0.2, 0) is 4.74 Å². The average Bonchev–Trinajstić information content (AvgIpc) is 2.69. The maximum absolute atomic E-state index is 5.58. The summed E-state index contributed by atoms with van der Waals surface area (Å²) in [5, 5.41) is 3.49. The largest absolute Gasteiger partial charge is 0.378 e. The zero-order valence-corrected chi connectivity index (χ0v) is 10.5. The minimum atomic E-state index is 0.554. The molecule has 0 spiro atoms. The lowest BCUT2D eigenvalue weighted by Gasteiger charge is -2.20. The summed E-state index contributed by atoms with van der Waals surface area (Å²) in [6.07, 6.45) is 5.55. The molecule has 15 heavy (non-hydrogen) atoms. The fraction of sp³-hybridized carbons (Fsp3) is 1.00. The van der Waals surface area contributed by atoms with E-state index in [0.29, 0.717) is 12.1 Å². The fourth-order valence-electron chi connectivity index (χ4n) is 1.82. The third-order valence-corrected chi connectivity index (χ3v) is 3.22. The van der Waals surface area contributed by atoms with E-state index in [4.69, 9.17) is 4.74 Å². The smallest absolute Gasteiger partial charge is 0.0576 e. The van der Waals surface area contributed by atoms with E-state index in [1.54, 1.807) is 0 Å². The van der Waals surface area contributed by atoms with Gasteiger partial charge in [0.15, 0.2) is 0 Å². The highest BCUT2D eigenvalue weighted by Crippen LogP contribution is 2.16. The molecule has 3 heteroatoms. The molecule has 0 bridgehead atoms. The Labute approximate surface area is 94.2 Å². The molecule has 0 aromatic carbocycles. The van der Waals surface area contributed by atoms with Crippen molar-refractivity contribution in [2.24, 2.45) is 0 Å². The van der Waals surface area contributed by atoms with Crippen molar-refractivity contribution in [2.45, 2.75) is 44.8 Å². The Morgan fingerprint density at radius 2 is 2.27 bits per heavy atom. The van der Waals surface area contributed by atoms with Crippen LogP contribution in [0.4, 0.5) is 0 Å². The molecule has 0 aromatic rings. The van der Waals surface area contributed by atoms with Gasteiger partial charge in [-0.05, 0) is 53.2 Å². The molecule has 1 rings (SSSR count). The van der Waals surface area contributed by atoms with Crippen molar-refractivity contribution in [2.75, 3.05) is 33.8 Å². The van der Waals surface area contributed by atoms with Gasteiger partial charge in [-0.1, -0.05) is 0 Å². The van der Waals surface area contributed by atoms with Gasteiger partial charge in [-0.3, -0.25) is 0 Å². The molecule has 0 aromatic heterocycles. The number of likely N-dealkylation sites (N-methyl/N-ethyl adjacent to an activating group) is 1. The van der Waals surface area contributed by atoms with Crippen molar-refractivity contribution in [1.82, 2.24) is 10.2 Å². The molecule has 0 saturated carbocycles. The molecule has 1 N–H and O–H groups in total. The molecule has 0 aliphatic carbocycles. The van der Waals surface area contributed by atoms with E-state index >= 15 is 0 Å². The molecule has 0 amide bonds. The summed E-state index contributed by atoms with van der Waals surface area (Å²) in [6, 6.07) is 0.618. The van der Waals surface area contributed by atoms with Crippen molar-refractivity contribution in [3.05, 3.63) is 0 Å². The first kappa shape index (κ1) is 12.9. The predicted molar refractivity (Wildman–Crippen MR) is 64.2 cm³/mol. The molecular weight excluding hydrogens is 188 g/mol. The fourth-order valence-corrected chi connectivity index (χ4v) is 1.82. The summed E-state index contributed by atoms with van der Waals surface area (Å²) in [5.74, 6) is 0. The van der Waals surface area contributed by atoms with Crippen molar-refractivity contribution >= 4 is 0 Å². The van der Waals surface area contributed by atoms with Gasteiger partial charge in [0.2, 0.25) is 0 Å². The van der Waals surface area contributed by atoms with E-state index < -0.39 is 0 Å². The van der Waals surface area contributed by atoms with E-state index in [1.165, 1.54) is 25.7 Å². The van der Waals surface area contributed by atoms with E-state index in [0.717, 1.165) is 19.7 Å². The maximum Gasteiger partial charge on any atom is 0.0576 e. The number of ether oxygens (including phenoxy) is 1. The van der Waals surface area contributed by atoms with E-state index in [1.807, 2.05) is 0 Å². The zero-order chi connectivity index (χ0) is 11.1. The second kappa shape index (κ2) is 7.20. The molecule has 1 aliphatic rings. The van der Waals surface area contributed by atoms with Crippen LogP contribution in [0, 0.1) is 0 Å². The summed E-state index contributed by atoms with van der Waals surface area (Å²) >= 11 is 0. The molecule has 90 valence electrons. The normalized spacial score (nSPS) is 23.6. The molecule has 1 fully saturated rings. The number of nitrogens with one attached hydrogen (secondary N) is 1. The van der Waals surface area contributed by atoms with Gasteiger partial charge in [0, 0.05) is 19.2 Å². The summed E-state index contributed by atoms with van der Waals surface area (Å²) in [5.41, 5.74) is 0.